The molecule has 0 unspecified atom stereocenters. The van der Waals surface area contributed by atoms with Crippen molar-refractivity contribution in [3.63, 3.8) is 0 Å². The number of halogens is 2. The third kappa shape index (κ3) is 2.53. The van der Waals surface area contributed by atoms with Crippen LogP contribution < -0.4 is 5.32 Å². The summed E-state index contributed by atoms with van der Waals surface area (Å²) < 4.78 is 2.01. The highest BCUT2D eigenvalue weighted by molar-refractivity contribution is 6.33. The van der Waals surface area contributed by atoms with E-state index in [0.29, 0.717) is 16.1 Å². The molecule has 4 aromatic rings. The Hall–Kier alpha value is -2.30. The maximum Gasteiger partial charge on any atom is 0.155 e. The van der Waals surface area contributed by atoms with Crippen LogP contribution in [0.25, 0.3) is 27.6 Å². The van der Waals surface area contributed by atoms with E-state index < -0.39 is 0 Å². The summed E-state index contributed by atoms with van der Waals surface area (Å²) in [5.74, 6) is 0.818. The average molecular weight is 369 g/mol. The molecule has 2 aromatic carbocycles. The average Bonchev–Trinajstić information content (AvgIpc) is 3.31. The molecule has 0 aliphatic heterocycles. The molecule has 25 heavy (non-hydrogen) atoms. The van der Waals surface area contributed by atoms with Gasteiger partial charge in [-0.3, -0.25) is 4.57 Å². The molecule has 2 aromatic heterocycles. The van der Waals surface area contributed by atoms with E-state index in [-0.39, 0.29) is 0 Å². The molecular formula is C19H14Cl2N4. The van der Waals surface area contributed by atoms with E-state index in [1.807, 2.05) is 47.0 Å². The molecule has 1 saturated carbocycles. The number of aromatic nitrogens is 3. The van der Waals surface area contributed by atoms with Crippen molar-refractivity contribution in [2.24, 2.45) is 0 Å². The summed E-state index contributed by atoms with van der Waals surface area (Å²) in [5, 5.41) is 5.80. The number of nitrogens with one attached hydrogen (secondary N) is 1. The van der Waals surface area contributed by atoms with E-state index in [9.17, 15) is 0 Å². The van der Waals surface area contributed by atoms with Crippen molar-refractivity contribution in [3.05, 3.63) is 58.8 Å². The van der Waals surface area contributed by atoms with Crippen LogP contribution in [0.5, 0.6) is 0 Å². The molecule has 0 bridgehead atoms. The quantitative estimate of drug-likeness (QED) is 0.522. The fourth-order valence-corrected chi connectivity index (χ4v) is 3.50. The van der Waals surface area contributed by atoms with Crippen molar-refractivity contribution in [1.29, 1.82) is 0 Å². The number of benzene rings is 2. The van der Waals surface area contributed by atoms with Gasteiger partial charge in [0.05, 0.1) is 21.7 Å². The molecular weight excluding hydrogens is 355 g/mol. The molecule has 0 saturated heterocycles. The molecule has 0 amide bonds. The number of nitrogens with zero attached hydrogens (tertiary/aromatic N) is 3. The highest BCUT2D eigenvalue weighted by Gasteiger charge is 2.24. The first-order chi connectivity index (χ1) is 12.2. The largest absolute Gasteiger partial charge is 0.365 e. The lowest BCUT2D eigenvalue weighted by atomic mass is 10.1. The fraction of sp³-hybridized carbons (Fsp3) is 0.158. The number of pyridine rings is 1. The highest BCUT2D eigenvalue weighted by atomic mass is 35.5. The van der Waals surface area contributed by atoms with E-state index in [1.165, 1.54) is 12.8 Å². The SMILES string of the molecule is Clc1ccc2nc(NC3CC3)c3ncn(-c4ccccc4Cl)c3c2c1. The van der Waals surface area contributed by atoms with Crippen molar-refractivity contribution in [2.75, 3.05) is 5.32 Å². The Labute approximate surface area is 154 Å². The Kier molecular flexibility index (Phi) is 3.37. The molecule has 1 fully saturated rings. The van der Waals surface area contributed by atoms with Crippen molar-refractivity contribution in [2.45, 2.75) is 18.9 Å². The van der Waals surface area contributed by atoms with Gasteiger partial charge in [0.1, 0.15) is 11.8 Å². The van der Waals surface area contributed by atoms with Gasteiger partial charge in [0.15, 0.2) is 5.82 Å². The minimum atomic E-state index is 0.492. The minimum absolute atomic E-state index is 0.492. The predicted octanol–water partition coefficient (Wildman–Crippen LogP) is 5.45. The predicted molar refractivity (Wildman–Crippen MR) is 103 cm³/mol. The zero-order chi connectivity index (χ0) is 17.0. The number of imidazole rings is 1. The molecule has 1 aliphatic carbocycles. The fourth-order valence-electron chi connectivity index (χ4n) is 3.10. The zero-order valence-electron chi connectivity index (χ0n) is 13.2. The van der Waals surface area contributed by atoms with Gasteiger partial charge in [-0.1, -0.05) is 35.3 Å². The lowest BCUT2D eigenvalue weighted by molar-refractivity contribution is 1.10. The summed E-state index contributed by atoms with van der Waals surface area (Å²) in [6, 6.07) is 14.0. The van der Waals surface area contributed by atoms with Crippen molar-refractivity contribution < 1.29 is 0 Å². The zero-order valence-corrected chi connectivity index (χ0v) is 14.7. The lowest BCUT2D eigenvalue weighted by Gasteiger charge is -2.11. The van der Waals surface area contributed by atoms with Gasteiger partial charge < -0.3 is 5.32 Å². The third-order valence-corrected chi connectivity index (χ3v) is 5.02. The molecule has 0 spiro atoms. The Balaban J connectivity index is 1.87. The van der Waals surface area contributed by atoms with Crippen LogP contribution >= 0.6 is 23.2 Å². The summed E-state index contributed by atoms with van der Waals surface area (Å²) in [4.78, 5) is 9.41. The number of hydrogen-bond donors (Lipinski definition) is 1. The normalized spacial score (nSPS) is 14.3. The summed E-state index contributed by atoms with van der Waals surface area (Å²) in [6.07, 6.45) is 4.14. The van der Waals surface area contributed by atoms with Crippen LogP contribution in [-0.2, 0) is 0 Å². The van der Waals surface area contributed by atoms with Crippen molar-refractivity contribution in [1.82, 2.24) is 14.5 Å². The van der Waals surface area contributed by atoms with Gasteiger partial charge in [-0.05, 0) is 43.2 Å². The number of anilines is 1. The third-order valence-electron chi connectivity index (χ3n) is 4.47. The van der Waals surface area contributed by atoms with E-state index in [4.69, 9.17) is 28.2 Å². The molecule has 0 atom stereocenters. The smallest absolute Gasteiger partial charge is 0.155 e. The van der Waals surface area contributed by atoms with Crippen LogP contribution in [0.4, 0.5) is 5.82 Å². The van der Waals surface area contributed by atoms with E-state index in [1.54, 1.807) is 6.33 Å². The summed E-state index contributed by atoms with van der Waals surface area (Å²) in [7, 11) is 0. The van der Waals surface area contributed by atoms with Gasteiger partial charge in [-0.15, -0.1) is 0 Å². The molecule has 5 rings (SSSR count). The molecule has 1 N–H and O–H groups in total. The molecule has 2 heterocycles. The van der Waals surface area contributed by atoms with Gasteiger partial charge in [0, 0.05) is 16.5 Å². The standard InChI is InChI=1S/C19H14Cl2N4/c20-11-5-8-15-13(9-11)18-17(19(24-15)23-12-6-7-12)22-10-25(18)16-4-2-1-3-14(16)21/h1-5,8-10,12H,6-7H2,(H,23,24). The second-order valence-corrected chi connectivity index (χ2v) is 7.15. The number of hydrogen-bond acceptors (Lipinski definition) is 3. The maximum absolute atomic E-state index is 6.43. The Morgan fingerprint density at radius 3 is 2.72 bits per heavy atom. The van der Waals surface area contributed by atoms with E-state index in [0.717, 1.165) is 33.4 Å². The summed E-state index contributed by atoms with van der Waals surface area (Å²) in [5.41, 5.74) is 3.57. The second kappa shape index (κ2) is 5.61. The first kappa shape index (κ1) is 15.0. The Bertz CT molecular complexity index is 1120. The van der Waals surface area contributed by atoms with Crippen molar-refractivity contribution >= 4 is 51.0 Å². The molecule has 6 heteroatoms. The van der Waals surface area contributed by atoms with Gasteiger partial charge >= 0.3 is 0 Å². The summed E-state index contributed by atoms with van der Waals surface area (Å²) >= 11 is 12.7. The van der Waals surface area contributed by atoms with E-state index in [2.05, 4.69) is 10.3 Å². The summed E-state index contributed by atoms with van der Waals surface area (Å²) in [6.45, 7) is 0. The van der Waals surface area contributed by atoms with Crippen LogP contribution in [-0.4, -0.2) is 20.6 Å². The number of fused-ring (bicyclic) bond motifs is 3. The molecule has 1 aliphatic rings. The van der Waals surface area contributed by atoms with Crippen LogP contribution in [0, 0.1) is 0 Å². The van der Waals surface area contributed by atoms with Crippen molar-refractivity contribution in [3.8, 4) is 5.69 Å². The van der Waals surface area contributed by atoms with Crippen LogP contribution in [0.3, 0.4) is 0 Å². The van der Waals surface area contributed by atoms with Crippen LogP contribution in [0.15, 0.2) is 48.8 Å². The van der Waals surface area contributed by atoms with Gasteiger partial charge in [0.2, 0.25) is 0 Å². The topological polar surface area (TPSA) is 42.7 Å². The second-order valence-electron chi connectivity index (χ2n) is 6.30. The van der Waals surface area contributed by atoms with Gasteiger partial charge in [-0.25, -0.2) is 9.97 Å². The minimum Gasteiger partial charge on any atom is -0.365 e. The molecule has 124 valence electrons. The van der Waals surface area contributed by atoms with Crippen LogP contribution in [0.2, 0.25) is 10.0 Å². The number of rotatable bonds is 3. The van der Waals surface area contributed by atoms with Gasteiger partial charge in [0.25, 0.3) is 0 Å². The first-order valence-electron chi connectivity index (χ1n) is 8.18. The maximum atomic E-state index is 6.43. The number of para-hydroxylation sites is 1. The monoisotopic (exact) mass is 368 g/mol. The molecule has 4 nitrogen and oxygen atoms in total. The van der Waals surface area contributed by atoms with Gasteiger partial charge in [-0.2, -0.15) is 0 Å². The molecule has 0 radical (unpaired) electrons. The lowest BCUT2D eigenvalue weighted by Crippen LogP contribution is -2.04. The van der Waals surface area contributed by atoms with Crippen LogP contribution in [0.1, 0.15) is 12.8 Å². The highest BCUT2D eigenvalue weighted by Crippen LogP contribution is 2.35. The van der Waals surface area contributed by atoms with E-state index >= 15 is 0 Å². The Morgan fingerprint density at radius 2 is 1.92 bits per heavy atom. The Morgan fingerprint density at radius 1 is 1.08 bits per heavy atom. The first-order valence-corrected chi connectivity index (χ1v) is 8.94.